The molecule has 122 valence electrons. The number of H-pyrrole nitrogens is 1. The van der Waals surface area contributed by atoms with E-state index in [4.69, 9.17) is 11.6 Å². The number of hydrogen-bond acceptors (Lipinski definition) is 3. The molecule has 2 aromatic rings. The molecular formula is C17H21ClN4O. The number of benzene rings is 1. The van der Waals surface area contributed by atoms with Gasteiger partial charge in [0.05, 0.1) is 0 Å². The zero-order chi connectivity index (χ0) is 16.4. The third kappa shape index (κ3) is 3.57. The lowest BCUT2D eigenvalue weighted by Crippen LogP contribution is -2.45. The zero-order valence-electron chi connectivity index (χ0n) is 13.4. The van der Waals surface area contributed by atoms with E-state index in [0.717, 1.165) is 34.8 Å². The fourth-order valence-corrected chi connectivity index (χ4v) is 3.14. The minimum absolute atomic E-state index is 0.150. The highest BCUT2D eigenvalue weighted by Gasteiger charge is 2.27. The summed E-state index contributed by atoms with van der Waals surface area (Å²) in [6.45, 7) is 5.57. The van der Waals surface area contributed by atoms with Crippen LogP contribution in [0.15, 0.2) is 24.3 Å². The first-order valence-corrected chi connectivity index (χ1v) is 8.17. The van der Waals surface area contributed by atoms with Crippen molar-refractivity contribution in [1.29, 1.82) is 0 Å². The van der Waals surface area contributed by atoms with Crippen LogP contribution < -0.4 is 10.6 Å². The molecule has 0 atom stereocenters. The molecule has 0 unspecified atom stereocenters. The van der Waals surface area contributed by atoms with Gasteiger partial charge in [-0.2, -0.15) is 5.10 Å². The van der Waals surface area contributed by atoms with E-state index in [1.54, 1.807) is 0 Å². The molecule has 1 amide bonds. The van der Waals surface area contributed by atoms with Gasteiger partial charge in [0, 0.05) is 41.3 Å². The minimum atomic E-state index is -0.421. The van der Waals surface area contributed by atoms with Crippen molar-refractivity contribution in [3.05, 3.63) is 51.8 Å². The largest absolute Gasteiger partial charge is 0.345 e. The average molecular weight is 333 g/mol. The van der Waals surface area contributed by atoms with Crippen molar-refractivity contribution in [2.45, 2.75) is 38.8 Å². The number of carbonyl (C=O) groups is 1. The van der Waals surface area contributed by atoms with Gasteiger partial charge in [-0.3, -0.25) is 9.89 Å². The Balaban J connectivity index is 1.74. The van der Waals surface area contributed by atoms with Gasteiger partial charge < -0.3 is 10.6 Å². The van der Waals surface area contributed by atoms with Crippen molar-refractivity contribution in [1.82, 2.24) is 20.8 Å². The number of fused-ring (bicyclic) bond motifs is 1. The quantitative estimate of drug-likeness (QED) is 0.805. The third-order valence-electron chi connectivity index (χ3n) is 4.06. The number of amides is 1. The molecule has 23 heavy (non-hydrogen) atoms. The predicted octanol–water partition coefficient (Wildman–Crippen LogP) is 2.46. The second-order valence-corrected chi connectivity index (χ2v) is 6.97. The number of rotatable bonds is 4. The van der Waals surface area contributed by atoms with Crippen LogP contribution >= 0.6 is 11.6 Å². The van der Waals surface area contributed by atoms with Crippen molar-refractivity contribution in [3.8, 4) is 0 Å². The van der Waals surface area contributed by atoms with Crippen molar-refractivity contribution >= 4 is 17.5 Å². The first-order valence-electron chi connectivity index (χ1n) is 7.79. The molecule has 3 rings (SSSR count). The van der Waals surface area contributed by atoms with E-state index in [2.05, 4.69) is 20.8 Å². The lowest BCUT2D eigenvalue weighted by molar-refractivity contribution is 0.0906. The Hall–Kier alpha value is -1.85. The summed E-state index contributed by atoms with van der Waals surface area (Å²) in [5.74, 6) is -0.150. The molecule has 0 bridgehead atoms. The van der Waals surface area contributed by atoms with Crippen LogP contribution in [0.4, 0.5) is 0 Å². The van der Waals surface area contributed by atoms with Crippen LogP contribution in [0, 0.1) is 0 Å². The molecule has 0 aliphatic carbocycles. The highest BCUT2D eigenvalue weighted by atomic mass is 35.5. The predicted molar refractivity (Wildman–Crippen MR) is 90.7 cm³/mol. The molecule has 6 heteroatoms. The summed E-state index contributed by atoms with van der Waals surface area (Å²) in [6.07, 6.45) is 1.53. The molecule has 5 nitrogen and oxygen atoms in total. The Morgan fingerprint density at radius 3 is 2.96 bits per heavy atom. The second-order valence-electron chi connectivity index (χ2n) is 6.56. The molecule has 2 heterocycles. The number of aromatic amines is 1. The molecule has 0 fully saturated rings. The van der Waals surface area contributed by atoms with Gasteiger partial charge in [-0.1, -0.05) is 29.8 Å². The summed E-state index contributed by atoms with van der Waals surface area (Å²) in [6, 6.07) is 7.70. The van der Waals surface area contributed by atoms with Gasteiger partial charge in [-0.25, -0.2) is 0 Å². The molecule has 0 saturated heterocycles. The first-order chi connectivity index (χ1) is 11.0. The lowest BCUT2D eigenvalue weighted by atomic mass is 9.94. The average Bonchev–Trinajstić information content (AvgIpc) is 2.93. The summed E-state index contributed by atoms with van der Waals surface area (Å²) < 4.78 is 0. The van der Waals surface area contributed by atoms with Gasteiger partial charge in [0.1, 0.15) is 0 Å². The lowest BCUT2D eigenvalue weighted by Gasteiger charge is -2.27. The maximum Gasteiger partial charge on any atom is 0.272 e. The Morgan fingerprint density at radius 2 is 2.17 bits per heavy atom. The standard InChI is InChI=1S/C17H21ClN4O/c1-17(2,9-11-5-3-4-6-13(11)18)20-16(23)15-12-10-19-8-7-14(12)21-22-15/h3-6,19H,7-10H2,1-2H3,(H,20,23)(H,21,22). The van der Waals surface area contributed by atoms with Gasteiger partial charge in [0.2, 0.25) is 0 Å². The first kappa shape index (κ1) is 16.0. The Labute approximate surface area is 140 Å². The molecule has 3 N–H and O–H groups in total. The van der Waals surface area contributed by atoms with Gasteiger partial charge in [0.25, 0.3) is 5.91 Å². The fourth-order valence-electron chi connectivity index (χ4n) is 2.94. The SMILES string of the molecule is CC(C)(Cc1ccccc1Cl)NC(=O)c1n[nH]c2c1CNCC2. The van der Waals surface area contributed by atoms with Crippen molar-refractivity contribution in [3.63, 3.8) is 0 Å². The van der Waals surface area contributed by atoms with E-state index in [9.17, 15) is 4.79 Å². The summed E-state index contributed by atoms with van der Waals surface area (Å²) in [4.78, 5) is 12.6. The normalized spacial score (nSPS) is 14.4. The molecule has 1 aliphatic rings. The molecule has 1 aromatic heterocycles. The number of halogens is 1. The smallest absolute Gasteiger partial charge is 0.272 e. The van der Waals surface area contributed by atoms with Crippen molar-refractivity contribution < 1.29 is 4.79 Å². The fraction of sp³-hybridized carbons (Fsp3) is 0.412. The van der Waals surface area contributed by atoms with Crippen molar-refractivity contribution in [2.24, 2.45) is 0 Å². The Morgan fingerprint density at radius 1 is 1.39 bits per heavy atom. The number of nitrogens with one attached hydrogen (secondary N) is 3. The van der Waals surface area contributed by atoms with Crippen LogP contribution in [0.5, 0.6) is 0 Å². The molecule has 1 aromatic carbocycles. The molecular weight excluding hydrogens is 312 g/mol. The van der Waals surface area contributed by atoms with E-state index in [1.165, 1.54) is 0 Å². The number of aromatic nitrogens is 2. The van der Waals surface area contributed by atoms with E-state index in [0.29, 0.717) is 18.7 Å². The molecule has 0 saturated carbocycles. The van der Waals surface area contributed by atoms with E-state index < -0.39 is 5.54 Å². The maximum absolute atomic E-state index is 12.6. The van der Waals surface area contributed by atoms with Crippen LogP contribution in [0.25, 0.3) is 0 Å². The topological polar surface area (TPSA) is 69.8 Å². The summed E-state index contributed by atoms with van der Waals surface area (Å²) in [5, 5.41) is 14.3. The van der Waals surface area contributed by atoms with Gasteiger partial charge in [0.15, 0.2) is 5.69 Å². The van der Waals surface area contributed by atoms with Crippen molar-refractivity contribution in [2.75, 3.05) is 6.54 Å². The van der Waals surface area contributed by atoms with Crippen LogP contribution in [-0.4, -0.2) is 28.2 Å². The Bertz CT molecular complexity index is 723. The van der Waals surface area contributed by atoms with E-state index in [-0.39, 0.29) is 5.91 Å². The highest BCUT2D eigenvalue weighted by molar-refractivity contribution is 6.31. The van der Waals surface area contributed by atoms with Gasteiger partial charge in [-0.05, 0) is 31.9 Å². The van der Waals surface area contributed by atoms with Gasteiger partial charge >= 0.3 is 0 Å². The highest BCUT2D eigenvalue weighted by Crippen LogP contribution is 2.22. The number of carbonyl (C=O) groups excluding carboxylic acids is 1. The summed E-state index contributed by atoms with van der Waals surface area (Å²) in [5.41, 5.74) is 3.11. The van der Waals surface area contributed by atoms with E-state index in [1.807, 2.05) is 38.1 Å². The zero-order valence-corrected chi connectivity index (χ0v) is 14.1. The Kier molecular flexibility index (Phi) is 4.41. The maximum atomic E-state index is 12.6. The minimum Gasteiger partial charge on any atom is -0.345 e. The summed E-state index contributed by atoms with van der Waals surface area (Å²) in [7, 11) is 0. The second kappa shape index (κ2) is 6.34. The van der Waals surface area contributed by atoms with Crippen LogP contribution in [0.3, 0.4) is 0 Å². The van der Waals surface area contributed by atoms with Gasteiger partial charge in [-0.15, -0.1) is 0 Å². The summed E-state index contributed by atoms with van der Waals surface area (Å²) >= 11 is 6.22. The molecule has 0 radical (unpaired) electrons. The third-order valence-corrected chi connectivity index (χ3v) is 4.43. The molecule has 1 aliphatic heterocycles. The van der Waals surface area contributed by atoms with Crippen LogP contribution in [-0.2, 0) is 19.4 Å². The monoisotopic (exact) mass is 332 g/mol. The molecule has 0 spiro atoms. The van der Waals surface area contributed by atoms with Crippen LogP contribution in [0.2, 0.25) is 5.02 Å². The van der Waals surface area contributed by atoms with E-state index >= 15 is 0 Å². The number of nitrogens with zero attached hydrogens (tertiary/aromatic N) is 1. The number of hydrogen-bond donors (Lipinski definition) is 3. The van der Waals surface area contributed by atoms with Crippen LogP contribution in [0.1, 0.15) is 41.2 Å².